The molecule has 1 fully saturated rings. The van der Waals surface area contributed by atoms with E-state index >= 15 is 0 Å². The third kappa shape index (κ3) is 2.34. The summed E-state index contributed by atoms with van der Waals surface area (Å²) in [5.74, 6) is 0.476. The number of aryl methyl sites for hydroxylation is 1. The van der Waals surface area contributed by atoms with Crippen molar-refractivity contribution >= 4 is 11.3 Å². The van der Waals surface area contributed by atoms with E-state index in [1.54, 1.807) is 11.3 Å². The monoisotopic (exact) mass is 211 g/mol. The topological polar surface area (TPSA) is 33.1 Å². The van der Waals surface area contributed by atoms with Gasteiger partial charge >= 0.3 is 0 Å². The molecule has 0 aromatic carbocycles. The van der Waals surface area contributed by atoms with Crippen molar-refractivity contribution in [3.63, 3.8) is 0 Å². The van der Waals surface area contributed by atoms with E-state index in [0.29, 0.717) is 5.92 Å². The van der Waals surface area contributed by atoms with Crippen molar-refractivity contribution in [2.75, 3.05) is 0 Å². The molecule has 1 aliphatic carbocycles. The van der Waals surface area contributed by atoms with Crippen molar-refractivity contribution in [3.8, 4) is 0 Å². The Morgan fingerprint density at radius 1 is 1.50 bits per heavy atom. The molecule has 1 aliphatic rings. The molecular formula is C11H17NOS. The minimum absolute atomic E-state index is 0.0776. The molecule has 0 saturated heterocycles. The third-order valence-electron chi connectivity index (χ3n) is 3.00. The van der Waals surface area contributed by atoms with Crippen LogP contribution in [0.3, 0.4) is 0 Å². The van der Waals surface area contributed by atoms with Gasteiger partial charge in [0.1, 0.15) is 0 Å². The lowest BCUT2D eigenvalue weighted by Gasteiger charge is -2.26. The van der Waals surface area contributed by atoms with E-state index in [0.717, 1.165) is 17.8 Å². The van der Waals surface area contributed by atoms with Gasteiger partial charge in [-0.05, 0) is 32.1 Å². The molecule has 0 spiro atoms. The summed E-state index contributed by atoms with van der Waals surface area (Å²) >= 11 is 1.76. The largest absolute Gasteiger partial charge is 0.393 e. The zero-order valence-corrected chi connectivity index (χ0v) is 9.39. The van der Waals surface area contributed by atoms with Crippen LogP contribution >= 0.6 is 11.3 Å². The predicted octanol–water partition coefficient (Wildman–Crippen LogP) is 2.55. The maximum Gasteiger partial charge on any atom is 0.0896 e. The number of hydrogen-bond acceptors (Lipinski definition) is 3. The lowest BCUT2D eigenvalue weighted by molar-refractivity contribution is 0.0704. The molecule has 1 aromatic heterocycles. The zero-order valence-electron chi connectivity index (χ0n) is 8.57. The fourth-order valence-electron chi connectivity index (χ4n) is 2.18. The summed E-state index contributed by atoms with van der Waals surface area (Å²) < 4.78 is 0. The van der Waals surface area contributed by atoms with E-state index < -0.39 is 0 Å². The van der Waals surface area contributed by atoms with Crippen LogP contribution < -0.4 is 0 Å². The highest BCUT2D eigenvalue weighted by atomic mass is 32.1. The predicted molar refractivity (Wildman–Crippen MR) is 58.5 cm³/mol. The van der Waals surface area contributed by atoms with Crippen molar-refractivity contribution in [3.05, 3.63) is 16.1 Å². The molecule has 0 amide bonds. The lowest BCUT2D eigenvalue weighted by atomic mass is 9.84. The Balaban J connectivity index is 1.95. The first-order chi connectivity index (χ1) is 6.75. The molecule has 1 heterocycles. The van der Waals surface area contributed by atoms with E-state index in [1.807, 2.05) is 13.1 Å². The maximum absolute atomic E-state index is 9.82. The summed E-state index contributed by atoms with van der Waals surface area (Å²) in [6.07, 6.45) is 7.54. The Labute approximate surface area is 89.0 Å². The van der Waals surface area contributed by atoms with Crippen LogP contribution in [-0.2, 0) is 6.42 Å². The molecule has 2 unspecified atom stereocenters. The molecule has 14 heavy (non-hydrogen) atoms. The zero-order chi connectivity index (χ0) is 9.97. The van der Waals surface area contributed by atoms with E-state index in [4.69, 9.17) is 0 Å². The highest BCUT2D eigenvalue weighted by Crippen LogP contribution is 2.28. The first kappa shape index (κ1) is 10.1. The van der Waals surface area contributed by atoms with Crippen LogP contribution in [0.4, 0.5) is 0 Å². The molecule has 2 atom stereocenters. The number of aliphatic hydroxyl groups is 1. The minimum atomic E-state index is -0.0776. The smallest absolute Gasteiger partial charge is 0.0896 e. The molecule has 78 valence electrons. The Hall–Kier alpha value is -0.410. The van der Waals surface area contributed by atoms with Crippen LogP contribution in [0.15, 0.2) is 6.20 Å². The van der Waals surface area contributed by atoms with Crippen molar-refractivity contribution in [2.24, 2.45) is 5.92 Å². The van der Waals surface area contributed by atoms with E-state index in [9.17, 15) is 5.11 Å². The number of nitrogens with zero attached hydrogens (tertiary/aromatic N) is 1. The van der Waals surface area contributed by atoms with Gasteiger partial charge in [-0.1, -0.05) is 12.8 Å². The molecule has 1 aromatic rings. The first-order valence-corrected chi connectivity index (χ1v) is 6.17. The van der Waals surface area contributed by atoms with Crippen LogP contribution in [0, 0.1) is 12.8 Å². The number of aromatic nitrogens is 1. The van der Waals surface area contributed by atoms with E-state index in [-0.39, 0.29) is 6.10 Å². The Morgan fingerprint density at radius 2 is 2.29 bits per heavy atom. The maximum atomic E-state index is 9.82. The van der Waals surface area contributed by atoms with Gasteiger partial charge in [-0.2, -0.15) is 0 Å². The number of aliphatic hydroxyl groups excluding tert-OH is 1. The van der Waals surface area contributed by atoms with Crippen molar-refractivity contribution in [2.45, 2.75) is 45.1 Å². The van der Waals surface area contributed by atoms with Gasteiger partial charge in [-0.3, -0.25) is 0 Å². The van der Waals surface area contributed by atoms with Gasteiger partial charge in [-0.25, -0.2) is 4.98 Å². The fraction of sp³-hybridized carbons (Fsp3) is 0.727. The molecule has 0 bridgehead atoms. The summed E-state index contributed by atoms with van der Waals surface area (Å²) in [6, 6.07) is 0. The first-order valence-electron chi connectivity index (χ1n) is 5.35. The van der Waals surface area contributed by atoms with Crippen molar-refractivity contribution in [1.82, 2.24) is 4.98 Å². The van der Waals surface area contributed by atoms with E-state index in [1.165, 1.54) is 24.1 Å². The van der Waals surface area contributed by atoms with Gasteiger partial charge in [0.25, 0.3) is 0 Å². The van der Waals surface area contributed by atoms with Gasteiger partial charge in [0.05, 0.1) is 11.1 Å². The van der Waals surface area contributed by atoms with Crippen LogP contribution in [0.5, 0.6) is 0 Å². The van der Waals surface area contributed by atoms with Gasteiger partial charge in [-0.15, -0.1) is 11.3 Å². The molecule has 2 rings (SSSR count). The standard InChI is InChI=1S/C11H17NOS/c1-8-12-7-10(14-8)6-9-4-2-3-5-11(9)13/h7,9,11,13H,2-6H2,1H3. The average Bonchev–Trinajstić information content (AvgIpc) is 2.56. The summed E-state index contributed by atoms with van der Waals surface area (Å²) in [5.41, 5.74) is 0. The van der Waals surface area contributed by atoms with Crippen molar-refractivity contribution in [1.29, 1.82) is 0 Å². The second kappa shape index (κ2) is 4.41. The number of rotatable bonds is 2. The molecular weight excluding hydrogens is 194 g/mol. The molecule has 2 nitrogen and oxygen atoms in total. The summed E-state index contributed by atoms with van der Waals surface area (Å²) in [4.78, 5) is 5.57. The molecule has 0 radical (unpaired) electrons. The lowest BCUT2D eigenvalue weighted by Crippen LogP contribution is -2.25. The molecule has 0 aliphatic heterocycles. The van der Waals surface area contributed by atoms with Crippen molar-refractivity contribution < 1.29 is 5.11 Å². The quantitative estimate of drug-likeness (QED) is 0.815. The third-order valence-corrected chi connectivity index (χ3v) is 3.94. The second-order valence-electron chi connectivity index (χ2n) is 4.16. The second-order valence-corrected chi connectivity index (χ2v) is 5.48. The summed E-state index contributed by atoms with van der Waals surface area (Å²) in [5, 5.41) is 11.0. The summed E-state index contributed by atoms with van der Waals surface area (Å²) in [6.45, 7) is 2.03. The Bertz CT molecular complexity index is 297. The fourth-order valence-corrected chi connectivity index (χ4v) is 3.07. The number of thiazole rings is 1. The van der Waals surface area contributed by atoms with E-state index in [2.05, 4.69) is 4.98 Å². The number of hydrogen-bond donors (Lipinski definition) is 1. The van der Waals surface area contributed by atoms with Crippen LogP contribution in [0.25, 0.3) is 0 Å². The molecule has 1 saturated carbocycles. The van der Waals surface area contributed by atoms with Gasteiger partial charge in [0.2, 0.25) is 0 Å². The van der Waals surface area contributed by atoms with Gasteiger partial charge in [0.15, 0.2) is 0 Å². The van der Waals surface area contributed by atoms with Gasteiger partial charge < -0.3 is 5.11 Å². The van der Waals surface area contributed by atoms with Gasteiger partial charge in [0, 0.05) is 11.1 Å². The Morgan fingerprint density at radius 3 is 2.93 bits per heavy atom. The highest BCUT2D eigenvalue weighted by Gasteiger charge is 2.23. The minimum Gasteiger partial charge on any atom is -0.393 e. The SMILES string of the molecule is Cc1ncc(CC2CCCCC2O)s1. The molecule has 1 N–H and O–H groups in total. The van der Waals surface area contributed by atoms with Crippen LogP contribution in [0.1, 0.15) is 35.6 Å². The van der Waals surface area contributed by atoms with Crippen LogP contribution in [-0.4, -0.2) is 16.2 Å². The Kier molecular flexibility index (Phi) is 3.19. The summed E-state index contributed by atoms with van der Waals surface area (Å²) in [7, 11) is 0. The van der Waals surface area contributed by atoms with Crippen LogP contribution in [0.2, 0.25) is 0 Å². The molecule has 3 heteroatoms. The highest BCUT2D eigenvalue weighted by molar-refractivity contribution is 7.11. The average molecular weight is 211 g/mol. The normalized spacial score (nSPS) is 27.9.